The maximum atomic E-state index is 13.3. The quantitative estimate of drug-likeness (QED) is 0.588. The van der Waals surface area contributed by atoms with Gasteiger partial charge in [-0.2, -0.15) is 5.10 Å². The van der Waals surface area contributed by atoms with Crippen molar-refractivity contribution in [1.29, 1.82) is 0 Å². The Balaban J connectivity index is 1.41. The van der Waals surface area contributed by atoms with Crippen molar-refractivity contribution in [2.45, 2.75) is 26.2 Å². The Morgan fingerprint density at radius 1 is 1.23 bits per heavy atom. The van der Waals surface area contributed by atoms with Crippen LogP contribution in [0.25, 0.3) is 0 Å². The first-order valence-corrected chi connectivity index (χ1v) is 10.5. The highest BCUT2D eigenvalue weighted by Gasteiger charge is 2.26. The van der Waals surface area contributed by atoms with Crippen molar-refractivity contribution in [2.75, 3.05) is 11.9 Å². The van der Waals surface area contributed by atoms with Gasteiger partial charge in [-0.15, -0.1) is 0 Å². The summed E-state index contributed by atoms with van der Waals surface area (Å²) >= 11 is 3.39. The molecule has 156 valence electrons. The fraction of sp³-hybridized carbons (Fsp3) is 0.273. The Kier molecular flexibility index (Phi) is 6.15. The number of ether oxygens (including phenoxy) is 1. The lowest BCUT2D eigenvalue weighted by atomic mass is 10.1. The van der Waals surface area contributed by atoms with E-state index in [2.05, 4.69) is 26.3 Å². The molecule has 0 atom stereocenters. The normalized spacial score (nSPS) is 13.2. The number of hydrogen-bond donors (Lipinski definition) is 1. The molecular formula is C22H22BrFN4O2. The van der Waals surface area contributed by atoms with Crippen molar-refractivity contribution < 1.29 is 13.9 Å². The number of rotatable bonds is 5. The Morgan fingerprint density at radius 3 is 2.80 bits per heavy atom. The minimum absolute atomic E-state index is 0.140. The molecule has 1 N–H and O–H groups in total. The van der Waals surface area contributed by atoms with Gasteiger partial charge >= 0.3 is 6.03 Å². The van der Waals surface area contributed by atoms with E-state index < -0.39 is 0 Å². The fourth-order valence-corrected chi connectivity index (χ4v) is 3.85. The Morgan fingerprint density at radius 2 is 2.03 bits per heavy atom. The van der Waals surface area contributed by atoms with E-state index in [1.807, 2.05) is 42.1 Å². The van der Waals surface area contributed by atoms with Gasteiger partial charge in [0.25, 0.3) is 0 Å². The van der Waals surface area contributed by atoms with Crippen molar-refractivity contribution in [1.82, 2.24) is 14.7 Å². The average Bonchev–Trinajstić information content (AvgIpc) is 3.05. The fourth-order valence-electron chi connectivity index (χ4n) is 3.59. The van der Waals surface area contributed by atoms with Gasteiger partial charge in [-0.1, -0.05) is 28.1 Å². The lowest BCUT2D eigenvalue weighted by Gasteiger charge is -2.28. The molecule has 1 aromatic heterocycles. The molecule has 0 saturated carbocycles. The molecule has 0 unspecified atom stereocenters. The molecule has 0 fully saturated rings. The van der Waals surface area contributed by atoms with Crippen LogP contribution in [0, 0.1) is 5.82 Å². The molecule has 0 radical (unpaired) electrons. The van der Waals surface area contributed by atoms with Crippen LogP contribution in [0.1, 0.15) is 22.5 Å². The standard InChI is InChI=1S/C22H22BrFN4O2/c1-27-21-9-10-28(22(29)25-18-7-5-16(23)6-8-18)12-19(21)20(26-27)14-30-13-15-3-2-4-17(24)11-15/h2-8,11H,9-10,12-14H2,1H3,(H,25,29). The summed E-state index contributed by atoms with van der Waals surface area (Å²) < 4.78 is 21.9. The van der Waals surface area contributed by atoms with E-state index in [1.165, 1.54) is 12.1 Å². The van der Waals surface area contributed by atoms with Crippen molar-refractivity contribution in [3.05, 3.63) is 81.3 Å². The van der Waals surface area contributed by atoms with Gasteiger partial charge in [-0.05, 0) is 42.0 Å². The maximum Gasteiger partial charge on any atom is 0.322 e. The average molecular weight is 473 g/mol. The summed E-state index contributed by atoms with van der Waals surface area (Å²) in [5.41, 5.74) is 4.47. The summed E-state index contributed by atoms with van der Waals surface area (Å²) in [6.45, 7) is 1.71. The van der Waals surface area contributed by atoms with Gasteiger partial charge in [-0.25, -0.2) is 9.18 Å². The predicted octanol–water partition coefficient (Wildman–Crippen LogP) is 4.63. The van der Waals surface area contributed by atoms with Crippen LogP contribution in [0.5, 0.6) is 0 Å². The first-order valence-electron chi connectivity index (χ1n) is 9.67. The monoisotopic (exact) mass is 472 g/mol. The summed E-state index contributed by atoms with van der Waals surface area (Å²) in [5, 5.41) is 7.52. The SMILES string of the molecule is Cn1nc(COCc2cccc(F)c2)c2c1CCN(C(=O)Nc1ccc(Br)cc1)C2. The van der Waals surface area contributed by atoms with Crippen molar-refractivity contribution in [3.63, 3.8) is 0 Å². The topological polar surface area (TPSA) is 59.4 Å². The number of halogens is 2. The molecule has 1 aliphatic heterocycles. The molecule has 2 amide bonds. The molecule has 2 heterocycles. The number of fused-ring (bicyclic) bond motifs is 1. The second-order valence-corrected chi connectivity index (χ2v) is 8.14. The summed E-state index contributed by atoms with van der Waals surface area (Å²) in [6, 6.07) is 13.7. The number of benzene rings is 2. The summed E-state index contributed by atoms with van der Waals surface area (Å²) in [6.07, 6.45) is 0.733. The van der Waals surface area contributed by atoms with E-state index in [0.717, 1.165) is 39.1 Å². The van der Waals surface area contributed by atoms with E-state index >= 15 is 0 Å². The molecule has 2 aromatic carbocycles. The zero-order chi connectivity index (χ0) is 21.1. The molecule has 0 aliphatic carbocycles. The van der Waals surface area contributed by atoms with Crippen LogP contribution in [0.2, 0.25) is 0 Å². The molecule has 4 rings (SSSR count). The Labute approximate surface area is 182 Å². The van der Waals surface area contributed by atoms with Gasteiger partial charge in [0.2, 0.25) is 0 Å². The summed E-state index contributed by atoms with van der Waals surface area (Å²) in [5.74, 6) is -0.279. The number of carbonyl (C=O) groups excluding carboxylic acids is 1. The highest BCUT2D eigenvalue weighted by Crippen LogP contribution is 2.24. The van der Waals surface area contributed by atoms with Crippen LogP contribution in [0.4, 0.5) is 14.9 Å². The van der Waals surface area contributed by atoms with Crippen LogP contribution in [-0.2, 0) is 38.0 Å². The lowest BCUT2D eigenvalue weighted by Crippen LogP contribution is -2.39. The van der Waals surface area contributed by atoms with Crippen LogP contribution in [0.3, 0.4) is 0 Å². The maximum absolute atomic E-state index is 13.3. The highest BCUT2D eigenvalue weighted by atomic mass is 79.9. The first kappa shape index (κ1) is 20.6. The number of anilines is 1. The highest BCUT2D eigenvalue weighted by molar-refractivity contribution is 9.10. The minimum Gasteiger partial charge on any atom is -0.370 e. The van der Waals surface area contributed by atoms with Crippen LogP contribution < -0.4 is 5.32 Å². The zero-order valence-corrected chi connectivity index (χ0v) is 18.2. The molecule has 6 nitrogen and oxygen atoms in total. The number of carbonyl (C=O) groups is 1. The molecule has 8 heteroatoms. The summed E-state index contributed by atoms with van der Waals surface area (Å²) in [7, 11) is 1.91. The molecule has 3 aromatic rings. The lowest BCUT2D eigenvalue weighted by molar-refractivity contribution is 0.103. The number of amides is 2. The van der Waals surface area contributed by atoms with E-state index in [1.54, 1.807) is 11.0 Å². The van der Waals surface area contributed by atoms with Crippen LogP contribution in [-0.4, -0.2) is 27.3 Å². The summed E-state index contributed by atoms with van der Waals surface area (Å²) in [4.78, 5) is 14.5. The second kappa shape index (κ2) is 8.97. The number of aromatic nitrogens is 2. The third-order valence-corrected chi connectivity index (χ3v) is 5.63. The van der Waals surface area contributed by atoms with E-state index in [-0.39, 0.29) is 11.8 Å². The van der Waals surface area contributed by atoms with Crippen molar-refractivity contribution in [3.8, 4) is 0 Å². The Bertz CT molecular complexity index is 1050. The predicted molar refractivity (Wildman–Crippen MR) is 115 cm³/mol. The van der Waals surface area contributed by atoms with Gasteiger partial charge in [0.1, 0.15) is 5.82 Å². The third-order valence-electron chi connectivity index (χ3n) is 5.10. The van der Waals surface area contributed by atoms with Crippen LogP contribution in [0.15, 0.2) is 53.0 Å². The van der Waals surface area contributed by atoms with Gasteiger partial charge in [0.05, 0.1) is 25.5 Å². The van der Waals surface area contributed by atoms with E-state index in [4.69, 9.17) is 4.74 Å². The zero-order valence-electron chi connectivity index (χ0n) is 16.6. The number of urea groups is 1. The van der Waals surface area contributed by atoms with Crippen LogP contribution >= 0.6 is 15.9 Å². The number of nitrogens with one attached hydrogen (secondary N) is 1. The molecular weight excluding hydrogens is 451 g/mol. The number of nitrogens with zero attached hydrogens (tertiary/aromatic N) is 3. The molecule has 30 heavy (non-hydrogen) atoms. The largest absolute Gasteiger partial charge is 0.370 e. The van der Waals surface area contributed by atoms with E-state index in [9.17, 15) is 9.18 Å². The molecule has 0 bridgehead atoms. The molecule has 0 saturated heterocycles. The number of aryl methyl sites for hydroxylation is 1. The third kappa shape index (κ3) is 4.71. The molecule has 0 spiro atoms. The van der Waals surface area contributed by atoms with Gasteiger partial charge in [0, 0.05) is 41.4 Å². The first-order chi connectivity index (χ1) is 14.5. The molecule has 1 aliphatic rings. The van der Waals surface area contributed by atoms with Gasteiger partial charge in [-0.3, -0.25) is 4.68 Å². The second-order valence-electron chi connectivity index (χ2n) is 7.23. The minimum atomic E-state index is -0.279. The van der Waals surface area contributed by atoms with Crippen molar-refractivity contribution in [2.24, 2.45) is 7.05 Å². The van der Waals surface area contributed by atoms with Gasteiger partial charge < -0.3 is 15.0 Å². The van der Waals surface area contributed by atoms with Crippen molar-refractivity contribution >= 4 is 27.6 Å². The van der Waals surface area contributed by atoms with E-state index in [0.29, 0.717) is 26.3 Å². The Hall–Kier alpha value is -2.71. The smallest absolute Gasteiger partial charge is 0.322 e. The number of hydrogen-bond acceptors (Lipinski definition) is 3. The van der Waals surface area contributed by atoms with Gasteiger partial charge in [0.15, 0.2) is 0 Å².